The molecule has 1 atom stereocenters. The molecule has 0 saturated heterocycles. The van der Waals surface area contributed by atoms with Crippen molar-refractivity contribution in [3.05, 3.63) is 0 Å². The van der Waals surface area contributed by atoms with E-state index < -0.39 is 0 Å². The first-order chi connectivity index (χ1) is 9.56. The molecule has 0 aromatic carbocycles. The molecule has 0 heterocycles. The fourth-order valence-electron chi connectivity index (χ4n) is 5.19. The SMILES string of the molecule is CCC(CC(N)=S)NC(=O)C1C2CC3CC(C2)CC1C3. The van der Waals surface area contributed by atoms with Crippen LogP contribution in [0, 0.1) is 29.6 Å². The fourth-order valence-corrected chi connectivity index (χ4v) is 5.39. The monoisotopic (exact) mass is 294 g/mol. The predicted molar refractivity (Wildman–Crippen MR) is 84.2 cm³/mol. The summed E-state index contributed by atoms with van der Waals surface area (Å²) in [6, 6.07) is 0.122. The lowest BCUT2D eigenvalue weighted by Crippen LogP contribution is -2.52. The molecule has 0 aliphatic heterocycles. The number of carbonyl (C=O) groups excluding carboxylic acids is 1. The van der Waals surface area contributed by atoms with E-state index in [0.29, 0.717) is 23.2 Å². The average Bonchev–Trinajstić information content (AvgIpc) is 2.35. The van der Waals surface area contributed by atoms with Crippen LogP contribution in [0.3, 0.4) is 0 Å². The summed E-state index contributed by atoms with van der Waals surface area (Å²) in [5, 5.41) is 3.22. The van der Waals surface area contributed by atoms with Crippen molar-refractivity contribution in [1.29, 1.82) is 0 Å². The summed E-state index contributed by atoms with van der Waals surface area (Å²) in [7, 11) is 0. The van der Waals surface area contributed by atoms with Crippen LogP contribution < -0.4 is 11.1 Å². The van der Waals surface area contributed by atoms with Gasteiger partial charge in [-0.05, 0) is 62.2 Å². The minimum Gasteiger partial charge on any atom is -0.393 e. The second-order valence-electron chi connectivity index (χ2n) is 7.24. The summed E-state index contributed by atoms with van der Waals surface area (Å²) in [6.07, 6.45) is 8.12. The molecule has 4 aliphatic rings. The van der Waals surface area contributed by atoms with Gasteiger partial charge in [0.1, 0.15) is 0 Å². The van der Waals surface area contributed by atoms with Crippen LogP contribution in [0.4, 0.5) is 0 Å². The number of hydrogen-bond donors (Lipinski definition) is 2. The van der Waals surface area contributed by atoms with Gasteiger partial charge in [-0.25, -0.2) is 0 Å². The minimum atomic E-state index is 0.122. The summed E-state index contributed by atoms with van der Waals surface area (Å²) in [6.45, 7) is 2.08. The number of rotatable bonds is 5. The molecule has 20 heavy (non-hydrogen) atoms. The molecule has 0 aromatic heterocycles. The fraction of sp³-hybridized carbons (Fsp3) is 0.875. The molecular weight excluding hydrogens is 268 g/mol. The molecule has 4 bridgehead atoms. The van der Waals surface area contributed by atoms with E-state index in [4.69, 9.17) is 18.0 Å². The normalized spacial score (nSPS) is 39.5. The summed E-state index contributed by atoms with van der Waals surface area (Å²) in [5.74, 6) is 3.67. The molecule has 3 N–H and O–H groups in total. The van der Waals surface area contributed by atoms with E-state index in [-0.39, 0.29) is 17.9 Å². The van der Waals surface area contributed by atoms with Crippen molar-refractivity contribution < 1.29 is 4.79 Å². The number of thiocarbonyl (C=S) groups is 1. The Morgan fingerprint density at radius 3 is 2.20 bits per heavy atom. The number of hydrogen-bond acceptors (Lipinski definition) is 2. The van der Waals surface area contributed by atoms with E-state index in [2.05, 4.69) is 12.2 Å². The third kappa shape index (κ3) is 2.72. The first-order valence-corrected chi connectivity index (χ1v) is 8.56. The summed E-state index contributed by atoms with van der Waals surface area (Å²) in [5.41, 5.74) is 5.62. The molecule has 4 saturated carbocycles. The zero-order valence-corrected chi connectivity index (χ0v) is 13.1. The van der Waals surface area contributed by atoms with Crippen molar-refractivity contribution in [3.8, 4) is 0 Å². The molecular formula is C16H26N2OS. The van der Waals surface area contributed by atoms with Gasteiger partial charge in [-0.3, -0.25) is 4.79 Å². The Balaban J connectivity index is 1.63. The van der Waals surface area contributed by atoms with Crippen LogP contribution in [0.15, 0.2) is 0 Å². The second-order valence-corrected chi connectivity index (χ2v) is 7.77. The van der Waals surface area contributed by atoms with Gasteiger partial charge in [0.05, 0.1) is 4.99 Å². The van der Waals surface area contributed by atoms with E-state index in [1.54, 1.807) is 0 Å². The lowest BCUT2D eigenvalue weighted by molar-refractivity contribution is -0.138. The van der Waals surface area contributed by atoms with Crippen LogP contribution >= 0.6 is 12.2 Å². The van der Waals surface area contributed by atoms with Gasteiger partial charge in [-0.15, -0.1) is 0 Å². The van der Waals surface area contributed by atoms with Crippen molar-refractivity contribution in [2.45, 2.75) is 57.9 Å². The van der Waals surface area contributed by atoms with Crippen LogP contribution in [0.25, 0.3) is 0 Å². The van der Waals surface area contributed by atoms with E-state index in [1.165, 1.54) is 32.1 Å². The van der Waals surface area contributed by atoms with E-state index in [1.807, 2.05) is 0 Å². The number of nitrogens with one attached hydrogen (secondary N) is 1. The summed E-state index contributed by atoms with van der Waals surface area (Å²) >= 11 is 4.98. The Bertz CT molecular complexity index is 381. The van der Waals surface area contributed by atoms with Crippen LogP contribution in [0.1, 0.15) is 51.9 Å². The number of amides is 1. The zero-order chi connectivity index (χ0) is 14.3. The van der Waals surface area contributed by atoms with E-state index in [9.17, 15) is 4.79 Å². The smallest absolute Gasteiger partial charge is 0.223 e. The Morgan fingerprint density at radius 2 is 1.75 bits per heavy atom. The zero-order valence-electron chi connectivity index (χ0n) is 12.3. The number of carbonyl (C=O) groups is 1. The summed E-state index contributed by atoms with van der Waals surface area (Å²) in [4.78, 5) is 13.2. The van der Waals surface area contributed by atoms with Crippen molar-refractivity contribution in [3.63, 3.8) is 0 Å². The molecule has 4 fully saturated rings. The molecule has 4 rings (SSSR count). The molecule has 4 aliphatic carbocycles. The van der Waals surface area contributed by atoms with Crippen LogP contribution in [0.5, 0.6) is 0 Å². The first-order valence-electron chi connectivity index (χ1n) is 8.15. The third-order valence-electron chi connectivity index (χ3n) is 5.82. The Hall–Kier alpha value is -0.640. The van der Waals surface area contributed by atoms with Crippen LogP contribution in [-0.2, 0) is 4.79 Å². The quantitative estimate of drug-likeness (QED) is 0.766. The predicted octanol–water partition coefficient (Wildman–Crippen LogP) is 2.63. The highest BCUT2D eigenvalue weighted by atomic mass is 32.1. The maximum Gasteiger partial charge on any atom is 0.223 e. The molecule has 3 nitrogen and oxygen atoms in total. The van der Waals surface area contributed by atoms with E-state index >= 15 is 0 Å². The van der Waals surface area contributed by atoms with Crippen LogP contribution in [0.2, 0.25) is 0 Å². The Labute approximate surface area is 127 Å². The third-order valence-corrected chi connectivity index (χ3v) is 5.98. The lowest BCUT2D eigenvalue weighted by Gasteiger charge is -2.53. The van der Waals surface area contributed by atoms with Crippen LogP contribution in [-0.4, -0.2) is 16.9 Å². The topological polar surface area (TPSA) is 55.1 Å². The number of nitrogens with two attached hydrogens (primary N) is 1. The van der Waals surface area contributed by atoms with Crippen molar-refractivity contribution >= 4 is 23.1 Å². The van der Waals surface area contributed by atoms with Gasteiger partial charge >= 0.3 is 0 Å². The van der Waals surface area contributed by atoms with Crippen molar-refractivity contribution in [2.75, 3.05) is 0 Å². The standard InChI is InChI=1S/C16H26N2OS/c1-2-13(8-14(17)20)18-16(19)15-11-4-9-3-10(6-11)7-12(15)5-9/h9-13,15H,2-8H2,1H3,(H2,17,20)(H,18,19). The van der Waals surface area contributed by atoms with E-state index in [0.717, 1.165) is 18.3 Å². The lowest BCUT2D eigenvalue weighted by atomic mass is 9.51. The average molecular weight is 294 g/mol. The highest BCUT2D eigenvalue weighted by Gasteiger charge is 2.50. The second kappa shape index (κ2) is 5.63. The maximum atomic E-state index is 12.7. The van der Waals surface area contributed by atoms with Gasteiger partial charge in [0, 0.05) is 18.4 Å². The first kappa shape index (κ1) is 14.3. The molecule has 0 aromatic rings. The van der Waals surface area contributed by atoms with Gasteiger partial charge < -0.3 is 11.1 Å². The molecule has 4 heteroatoms. The van der Waals surface area contributed by atoms with Gasteiger partial charge in [0.25, 0.3) is 0 Å². The largest absolute Gasteiger partial charge is 0.393 e. The summed E-state index contributed by atoms with van der Waals surface area (Å²) < 4.78 is 0. The minimum absolute atomic E-state index is 0.122. The Morgan fingerprint density at radius 1 is 1.20 bits per heavy atom. The van der Waals surface area contributed by atoms with Gasteiger partial charge in [0.2, 0.25) is 5.91 Å². The molecule has 1 amide bonds. The molecule has 0 spiro atoms. The highest BCUT2D eigenvalue weighted by Crippen LogP contribution is 2.56. The molecule has 112 valence electrons. The molecule has 1 unspecified atom stereocenters. The van der Waals surface area contributed by atoms with Gasteiger partial charge in [-0.2, -0.15) is 0 Å². The van der Waals surface area contributed by atoms with Crippen molar-refractivity contribution in [2.24, 2.45) is 35.3 Å². The molecule has 0 radical (unpaired) electrons. The Kier molecular flexibility index (Phi) is 4.02. The highest BCUT2D eigenvalue weighted by molar-refractivity contribution is 7.80. The van der Waals surface area contributed by atoms with Gasteiger partial charge in [-0.1, -0.05) is 19.1 Å². The van der Waals surface area contributed by atoms with Crippen molar-refractivity contribution in [1.82, 2.24) is 5.32 Å². The van der Waals surface area contributed by atoms with Gasteiger partial charge in [0.15, 0.2) is 0 Å². The maximum absolute atomic E-state index is 12.7.